The van der Waals surface area contributed by atoms with Crippen LogP contribution in [0.25, 0.3) is 0 Å². The number of benzene rings is 2. The van der Waals surface area contributed by atoms with E-state index in [1.807, 2.05) is 24.3 Å². The fraction of sp³-hybridized carbons (Fsp3) is 0.391. The van der Waals surface area contributed by atoms with Crippen molar-refractivity contribution >= 4 is 27.4 Å². The van der Waals surface area contributed by atoms with Gasteiger partial charge in [-0.05, 0) is 56.4 Å². The van der Waals surface area contributed by atoms with Gasteiger partial charge in [0.25, 0.3) is 0 Å². The van der Waals surface area contributed by atoms with Gasteiger partial charge in [0.1, 0.15) is 6.04 Å². The minimum atomic E-state index is -3.84. The maximum absolute atomic E-state index is 13.5. The molecule has 0 N–H and O–H groups in total. The van der Waals surface area contributed by atoms with E-state index < -0.39 is 16.1 Å². The van der Waals surface area contributed by atoms with Crippen LogP contribution in [0.15, 0.2) is 53.4 Å². The second-order valence-corrected chi connectivity index (χ2v) is 9.82. The van der Waals surface area contributed by atoms with Gasteiger partial charge in [0.15, 0.2) is 5.78 Å². The number of ketones is 1. The van der Waals surface area contributed by atoms with E-state index in [1.165, 1.54) is 35.5 Å². The summed E-state index contributed by atoms with van der Waals surface area (Å²) < 4.78 is 28.1. The number of sulfonamides is 1. The number of hydrogen-bond acceptors (Lipinski definition) is 4. The molecule has 4 rings (SSSR count). The van der Waals surface area contributed by atoms with Crippen molar-refractivity contribution in [1.82, 2.24) is 4.31 Å². The highest BCUT2D eigenvalue weighted by molar-refractivity contribution is 7.89. The summed E-state index contributed by atoms with van der Waals surface area (Å²) in [5.41, 5.74) is 2.48. The van der Waals surface area contributed by atoms with Gasteiger partial charge in [-0.2, -0.15) is 4.31 Å². The fourth-order valence-corrected chi connectivity index (χ4v) is 6.03. The molecule has 1 saturated heterocycles. The van der Waals surface area contributed by atoms with Crippen molar-refractivity contribution in [1.29, 1.82) is 0 Å². The van der Waals surface area contributed by atoms with Gasteiger partial charge < -0.3 is 4.90 Å². The molecule has 7 heteroatoms. The zero-order chi connectivity index (χ0) is 21.3. The zero-order valence-corrected chi connectivity index (χ0v) is 17.9. The van der Waals surface area contributed by atoms with Crippen LogP contribution in [0.2, 0.25) is 0 Å². The third kappa shape index (κ3) is 3.79. The number of rotatable bonds is 4. The van der Waals surface area contributed by atoms with Crippen molar-refractivity contribution in [3.8, 4) is 0 Å². The number of para-hydroxylation sites is 1. The molecular formula is C23H26N2O4S. The van der Waals surface area contributed by atoms with Crippen LogP contribution in [0.5, 0.6) is 0 Å². The average molecular weight is 427 g/mol. The Labute approximate surface area is 177 Å². The van der Waals surface area contributed by atoms with Crippen LogP contribution in [0.1, 0.15) is 48.5 Å². The molecule has 0 radical (unpaired) electrons. The van der Waals surface area contributed by atoms with Crippen molar-refractivity contribution < 1.29 is 18.0 Å². The molecule has 158 valence electrons. The fourth-order valence-electron chi connectivity index (χ4n) is 4.38. The lowest BCUT2D eigenvalue weighted by molar-refractivity contribution is -0.123. The Morgan fingerprint density at radius 1 is 0.933 bits per heavy atom. The highest BCUT2D eigenvalue weighted by Crippen LogP contribution is 2.31. The van der Waals surface area contributed by atoms with Crippen molar-refractivity contribution in [2.45, 2.75) is 50.0 Å². The molecule has 2 aliphatic rings. The third-order valence-corrected chi connectivity index (χ3v) is 7.90. The molecule has 0 spiro atoms. The predicted molar refractivity (Wildman–Crippen MR) is 115 cm³/mol. The van der Waals surface area contributed by atoms with Crippen LogP contribution in [0, 0.1) is 0 Å². The lowest BCUT2D eigenvalue weighted by atomic mass is 9.98. The number of fused-ring (bicyclic) bond motifs is 1. The lowest BCUT2D eigenvalue weighted by Gasteiger charge is -2.38. The molecule has 0 saturated carbocycles. The van der Waals surface area contributed by atoms with Crippen LogP contribution in [-0.2, 0) is 21.2 Å². The molecule has 2 aromatic rings. The molecule has 2 aliphatic heterocycles. The molecule has 6 nitrogen and oxygen atoms in total. The molecular weight excluding hydrogens is 400 g/mol. The molecule has 1 unspecified atom stereocenters. The van der Waals surface area contributed by atoms with Gasteiger partial charge in [-0.15, -0.1) is 0 Å². The van der Waals surface area contributed by atoms with E-state index in [0.717, 1.165) is 36.9 Å². The van der Waals surface area contributed by atoms with E-state index in [0.29, 0.717) is 25.1 Å². The SMILES string of the molecule is CC(=O)c1ccc(S(=O)(=O)N2CCCCC2C(=O)N2CCCc3ccccc32)cc1. The Morgan fingerprint density at radius 3 is 2.40 bits per heavy atom. The Kier molecular flexibility index (Phi) is 5.75. The molecule has 0 bridgehead atoms. The molecule has 1 atom stereocenters. The number of nitrogens with zero attached hydrogens (tertiary/aromatic N) is 2. The number of Topliss-reactive ketones (excluding diaryl/α,β-unsaturated/α-hetero) is 1. The Balaban J connectivity index is 1.65. The van der Waals surface area contributed by atoms with E-state index in [-0.39, 0.29) is 16.6 Å². The number of hydrogen-bond donors (Lipinski definition) is 0. The third-order valence-electron chi connectivity index (χ3n) is 5.98. The number of aryl methyl sites for hydroxylation is 1. The highest BCUT2D eigenvalue weighted by Gasteiger charge is 2.40. The van der Waals surface area contributed by atoms with E-state index >= 15 is 0 Å². The van der Waals surface area contributed by atoms with Gasteiger partial charge in [0.2, 0.25) is 15.9 Å². The summed E-state index contributed by atoms with van der Waals surface area (Å²) in [6.07, 6.45) is 3.86. The van der Waals surface area contributed by atoms with Crippen molar-refractivity contribution in [3.63, 3.8) is 0 Å². The largest absolute Gasteiger partial charge is 0.311 e. The van der Waals surface area contributed by atoms with Gasteiger partial charge in [-0.3, -0.25) is 9.59 Å². The molecule has 0 aromatic heterocycles. The first-order valence-corrected chi connectivity index (χ1v) is 11.9. The monoisotopic (exact) mass is 426 g/mol. The summed E-state index contributed by atoms with van der Waals surface area (Å²) in [6, 6.07) is 13.1. The van der Waals surface area contributed by atoms with Gasteiger partial charge in [-0.25, -0.2) is 8.42 Å². The van der Waals surface area contributed by atoms with Gasteiger partial charge in [0.05, 0.1) is 4.90 Å². The summed E-state index contributed by atoms with van der Waals surface area (Å²) in [4.78, 5) is 26.9. The second-order valence-electron chi connectivity index (χ2n) is 7.93. The van der Waals surface area contributed by atoms with E-state index in [1.54, 1.807) is 4.90 Å². The summed E-state index contributed by atoms with van der Waals surface area (Å²) in [5.74, 6) is -0.264. The summed E-state index contributed by atoms with van der Waals surface area (Å²) in [7, 11) is -3.84. The van der Waals surface area contributed by atoms with Crippen LogP contribution in [0.4, 0.5) is 5.69 Å². The zero-order valence-electron chi connectivity index (χ0n) is 17.1. The smallest absolute Gasteiger partial charge is 0.245 e. The number of amides is 1. The molecule has 2 heterocycles. The molecule has 30 heavy (non-hydrogen) atoms. The normalized spacial score (nSPS) is 19.9. The van der Waals surface area contributed by atoms with Gasteiger partial charge >= 0.3 is 0 Å². The molecule has 2 aromatic carbocycles. The lowest BCUT2D eigenvalue weighted by Crippen LogP contribution is -2.54. The molecule has 1 fully saturated rings. The Bertz CT molecular complexity index is 1060. The molecule has 1 amide bonds. The van der Waals surface area contributed by atoms with Crippen LogP contribution in [0.3, 0.4) is 0 Å². The Hall–Kier alpha value is -2.51. The number of carbonyl (C=O) groups excluding carboxylic acids is 2. The van der Waals surface area contributed by atoms with E-state index in [9.17, 15) is 18.0 Å². The van der Waals surface area contributed by atoms with Gasteiger partial charge in [0, 0.05) is 24.3 Å². The van der Waals surface area contributed by atoms with E-state index in [4.69, 9.17) is 0 Å². The maximum Gasteiger partial charge on any atom is 0.245 e. The van der Waals surface area contributed by atoms with Crippen molar-refractivity contribution in [3.05, 3.63) is 59.7 Å². The van der Waals surface area contributed by atoms with Gasteiger partial charge in [-0.1, -0.05) is 36.8 Å². The Morgan fingerprint density at radius 2 is 1.67 bits per heavy atom. The van der Waals surface area contributed by atoms with Crippen LogP contribution < -0.4 is 4.90 Å². The first-order chi connectivity index (χ1) is 14.4. The summed E-state index contributed by atoms with van der Waals surface area (Å²) in [5, 5.41) is 0. The minimum absolute atomic E-state index is 0.117. The number of piperidine rings is 1. The highest BCUT2D eigenvalue weighted by atomic mass is 32.2. The minimum Gasteiger partial charge on any atom is -0.311 e. The first kappa shape index (κ1) is 20.8. The van der Waals surface area contributed by atoms with E-state index in [2.05, 4.69) is 0 Å². The van der Waals surface area contributed by atoms with Crippen LogP contribution >= 0.6 is 0 Å². The summed E-state index contributed by atoms with van der Waals surface area (Å²) in [6.45, 7) is 2.37. The maximum atomic E-state index is 13.5. The number of anilines is 1. The van der Waals surface area contributed by atoms with Crippen molar-refractivity contribution in [2.24, 2.45) is 0 Å². The first-order valence-electron chi connectivity index (χ1n) is 10.4. The predicted octanol–water partition coefficient (Wildman–Crippen LogP) is 3.41. The molecule has 0 aliphatic carbocycles. The standard InChI is InChI=1S/C23H26N2O4S/c1-17(26)18-11-13-20(14-12-18)30(28,29)25-16-5-4-10-22(25)23(27)24-15-6-8-19-7-2-3-9-21(19)24/h2-3,7,9,11-14,22H,4-6,8,10,15-16H2,1H3. The topological polar surface area (TPSA) is 74.8 Å². The second kappa shape index (κ2) is 8.32. The summed E-state index contributed by atoms with van der Waals surface area (Å²) >= 11 is 0. The average Bonchev–Trinajstić information content (AvgIpc) is 2.78. The van der Waals surface area contributed by atoms with Crippen molar-refractivity contribution in [2.75, 3.05) is 18.0 Å². The quantitative estimate of drug-likeness (QED) is 0.702. The number of carbonyl (C=O) groups is 2. The van der Waals surface area contributed by atoms with Crippen LogP contribution in [-0.4, -0.2) is 43.5 Å².